The van der Waals surface area contributed by atoms with Gasteiger partial charge in [0.1, 0.15) is 0 Å². The topological polar surface area (TPSA) is 81.1 Å². The van der Waals surface area contributed by atoms with Crippen molar-refractivity contribution in [3.8, 4) is 0 Å². The van der Waals surface area contributed by atoms with E-state index in [4.69, 9.17) is 0 Å². The number of hydrogen-bond acceptors (Lipinski definition) is 4. The molecule has 134 valence electrons. The Balaban J connectivity index is 1.86. The lowest BCUT2D eigenvalue weighted by Crippen LogP contribution is -2.31. The second-order valence-corrected chi connectivity index (χ2v) is 7.98. The standard InChI is InChI=1S/C19H19N3O3S/c1-26(24,25)17-10-5-9-16(13-17)19(23)21-18(14-22-12-6-11-20-22)15-7-3-2-4-8-15/h2-13,18H,14H2,1H3,(H,21,23). The number of carbonyl (C=O) groups excluding carboxylic acids is 1. The Hall–Kier alpha value is -2.93. The minimum atomic E-state index is -3.37. The highest BCUT2D eigenvalue weighted by molar-refractivity contribution is 7.90. The van der Waals surface area contributed by atoms with Crippen molar-refractivity contribution in [2.45, 2.75) is 17.5 Å². The highest BCUT2D eigenvalue weighted by Crippen LogP contribution is 2.17. The summed E-state index contributed by atoms with van der Waals surface area (Å²) >= 11 is 0. The number of hydrogen-bond donors (Lipinski definition) is 1. The van der Waals surface area contributed by atoms with Crippen LogP contribution in [0.1, 0.15) is 22.0 Å². The zero-order valence-corrected chi connectivity index (χ0v) is 15.1. The molecule has 3 aromatic rings. The maximum Gasteiger partial charge on any atom is 0.251 e. The first-order chi connectivity index (χ1) is 12.4. The average molecular weight is 369 g/mol. The summed E-state index contributed by atoms with van der Waals surface area (Å²) < 4.78 is 25.2. The van der Waals surface area contributed by atoms with Crippen LogP contribution < -0.4 is 5.32 Å². The van der Waals surface area contributed by atoms with Crippen molar-refractivity contribution < 1.29 is 13.2 Å². The summed E-state index contributed by atoms with van der Waals surface area (Å²) in [5.41, 5.74) is 1.24. The van der Waals surface area contributed by atoms with Gasteiger partial charge in [0.25, 0.3) is 5.91 Å². The van der Waals surface area contributed by atoms with Gasteiger partial charge in [-0.3, -0.25) is 9.48 Å². The molecule has 0 saturated heterocycles. The molecule has 6 nitrogen and oxygen atoms in total. The first-order valence-electron chi connectivity index (χ1n) is 8.07. The Kier molecular flexibility index (Phi) is 5.18. The van der Waals surface area contributed by atoms with Crippen molar-refractivity contribution in [1.82, 2.24) is 15.1 Å². The molecular formula is C19H19N3O3S. The van der Waals surface area contributed by atoms with Gasteiger partial charge < -0.3 is 5.32 Å². The molecule has 3 rings (SSSR count). The van der Waals surface area contributed by atoms with E-state index in [0.717, 1.165) is 11.8 Å². The van der Waals surface area contributed by atoms with Crippen molar-refractivity contribution >= 4 is 15.7 Å². The van der Waals surface area contributed by atoms with E-state index >= 15 is 0 Å². The quantitative estimate of drug-likeness (QED) is 0.724. The highest BCUT2D eigenvalue weighted by Gasteiger charge is 2.18. The normalized spacial score (nSPS) is 12.5. The maximum atomic E-state index is 12.7. The molecule has 0 fully saturated rings. The SMILES string of the molecule is CS(=O)(=O)c1cccc(C(=O)NC(Cn2cccn2)c2ccccc2)c1. The summed E-state index contributed by atoms with van der Waals surface area (Å²) in [6.45, 7) is 0.467. The van der Waals surface area contributed by atoms with Crippen molar-refractivity contribution in [2.24, 2.45) is 0 Å². The van der Waals surface area contributed by atoms with Crippen molar-refractivity contribution in [3.05, 3.63) is 84.2 Å². The lowest BCUT2D eigenvalue weighted by atomic mass is 10.1. The number of carbonyl (C=O) groups is 1. The van der Waals surface area contributed by atoms with E-state index in [1.807, 2.05) is 42.6 Å². The molecule has 1 aromatic heterocycles. The Morgan fingerprint density at radius 3 is 2.54 bits per heavy atom. The first kappa shape index (κ1) is 17.9. The Labute approximate surface area is 152 Å². The lowest BCUT2D eigenvalue weighted by Gasteiger charge is -2.19. The number of nitrogens with one attached hydrogen (secondary N) is 1. The largest absolute Gasteiger partial charge is 0.343 e. The third-order valence-electron chi connectivity index (χ3n) is 3.96. The summed E-state index contributed by atoms with van der Waals surface area (Å²) in [4.78, 5) is 12.8. The van der Waals surface area contributed by atoms with Gasteiger partial charge in [-0.05, 0) is 29.8 Å². The molecule has 0 aliphatic rings. The van der Waals surface area contributed by atoms with Crippen LogP contribution in [0, 0.1) is 0 Å². The van der Waals surface area contributed by atoms with Gasteiger partial charge in [0.15, 0.2) is 9.84 Å². The van der Waals surface area contributed by atoms with Gasteiger partial charge >= 0.3 is 0 Å². The second kappa shape index (κ2) is 7.53. The minimum Gasteiger partial charge on any atom is -0.343 e. The van der Waals surface area contributed by atoms with Gasteiger partial charge in [0.05, 0.1) is 17.5 Å². The average Bonchev–Trinajstić information content (AvgIpc) is 3.14. The van der Waals surface area contributed by atoms with Crippen LogP contribution in [0.5, 0.6) is 0 Å². The molecule has 0 saturated carbocycles. The van der Waals surface area contributed by atoms with E-state index in [2.05, 4.69) is 10.4 Å². The fourth-order valence-electron chi connectivity index (χ4n) is 2.62. The summed E-state index contributed by atoms with van der Waals surface area (Å²) in [6, 6.07) is 17.1. The zero-order valence-electron chi connectivity index (χ0n) is 14.2. The van der Waals surface area contributed by atoms with Crippen LogP contribution in [0.25, 0.3) is 0 Å². The fourth-order valence-corrected chi connectivity index (χ4v) is 3.29. The smallest absolute Gasteiger partial charge is 0.251 e. The van der Waals surface area contributed by atoms with Crippen LogP contribution in [0.15, 0.2) is 78.0 Å². The van der Waals surface area contributed by atoms with Crippen molar-refractivity contribution in [3.63, 3.8) is 0 Å². The molecule has 0 bridgehead atoms. The van der Waals surface area contributed by atoms with E-state index < -0.39 is 9.84 Å². The summed E-state index contributed by atoms with van der Waals surface area (Å²) in [7, 11) is -3.37. The molecular weight excluding hydrogens is 350 g/mol. The molecule has 26 heavy (non-hydrogen) atoms. The molecule has 0 spiro atoms. The number of sulfone groups is 1. The summed E-state index contributed by atoms with van der Waals surface area (Å²) in [5.74, 6) is -0.337. The maximum absolute atomic E-state index is 12.7. The van der Waals surface area contributed by atoms with E-state index in [9.17, 15) is 13.2 Å². The molecule has 0 aliphatic carbocycles. The predicted molar refractivity (Wildman–Crippen MR) is 98.4 cm³/mol. The third-order valence-corrected chi connectivity index (χ3v) is 5.07. The number of aromatic nitrogens is 2. The fraction of sp³-hybridized carbons (Fsp3) is 0.158. The molecule has 1 amide bonds. The van der Waals surface area contributed by atoms with Crippen molar-refractivity contribution in [1.29, 1.82) is 0 Å². The summed E-state index contributed by atoms with van der Waals surface area (Å²) in [5, 5.41) is 7.17. The van der Waals surface area contributed by atoms with Crippen LogP contribution in [0.2, 0.25) is 0 Å². The van der Waals surface area contributed by atoms with Gasteiger partial charge in [-0.1, -0.05) is 36.4 Å². The molecule has 2 aromatic carbocycles. The van der Waals surface area contributed by atoms with Gasteiger partial charge in [-0.25, -0.2) is 8.42 Å². The van der Waals surface area contributed by atoms with E-state index in [-0.39, 0.29) is 16.8 Å². The molecule has 1 unspecified atom stereocenters. The molecule has 7 heteroatoms. The number of nitrogens with zero attached hydrogens (tertiary/aromatic N) is 2. The minimum absolute atomic E-state index is 0.119. The van der Waals surface area contributed by atoms with Crippen LogP contribution in [-0.2, 0) is 16.4 Å². The molecule has 0 radical (unpaired) electrons. The molecule has 0 aliphatic heterocycles. The Morgan fingerprint density at radius 1 is 1.12 bits per heavy atom. The van der Waals surface area contributed by atoms with E-state index in [1.54, 1.807) is 23.0 Å². The first-order valence-corrected chi connectivity index (χ1v) is 9.96. The van der Waals surface area contributed by atoms with Gasteiger partial charge in [0, 0.05) is 24.2 Å². The summed E-state index contributed by atoms with van der Waals surface area (Å²) in [6.07, 6.45) is 4.63. The van der Waals surface area contributed by atoms with Crippen LogP contribution in [-0.4, -0.2) is 30.4 Å². The molecule has 1 N–H and O–H groups in total. The van der Waals surface area contributed by atoms with E-state index in [1.165, 1.54) is 12.1 Å². The monoisotopic (exact) mass is 369 g/mol. The third kappa shape index (κ3) is 4.37. The highest BCUT2D eigenvalue weighted by atomic mass is 32.2. The van der Waals surface area contributed by atoms with Gasteiger partial charge in [-0.2, -0.15) is 5.10 Å². The van der Waals surface area contributed by atoms with Crippen LogP contribution >= 0.6 is 0 Å². The van der Waals surface area contributed by atoms with Gasteiger partial charge in [-0.15, -0.1) is 0 Å². The number of benzene rings is 2. The van der Waals surface area contributed by atoms with Crippen LogP contribution in [0.4, 0.5) is 0 Å². The molecule has 1 heterocycles. The second-order valence-electron chi connectivity index (χ2n) is 5.96. The predicted octanol–water partition coefficient (Wildman–Crippen LogP) is 2.46. The number of amides is 1. The van der Waals surface area contributed by atoms with Crippen molar-refractivity contribution in [2.75, 3.05) is 6.26 Å². The zero-order chi connectivity index (χ0) is 18.6. The Morgan fingerprint density at radius 2 is 1.88 bits per heavy atom. The van der Waals surface area contributed by atoms with E-state index in [0.29, 0.717) is 12.1 Å². The van der Waals surface area contributed by atoms with Crippen LogP contribution in [0.3, 0.4) is 0 Å². The lowest BCUT2D eigenvalue weighted by molar-refractivity contribution is 0.0931. The molecule has 1 atom stereocenters. The Bertz CT molecular complexity index is 984. The number of rotatable bonds is 6. The van der Waals surface area contributed by atoms with Gasteiger partial charge in [0.2, 0.25) is 0 Å².